The summed E-state index contributed by atoms with van der Waals surface area (Å²) in [6.45, 7) is 2.28. The molecule has 1 N–H and O–H groups in total. The van der Waals surface area contributed by atoms with E-state index in [1.807, 2.05) is 30.5 Å². The summed E-state index contributed by atoms with van der Waals surface area (Å²) < 4.78 is 0. The maximum atomic E-state index is 6.19. The van der Waals surface area contributed by atoms with Crippen LogP contribution < -0.4 is 5.32 Å². The van der Waals surface area contributed by atoms with Crippen molar-refractivity contribution in [2.75, 3.05) is 25.5 Å². The SMILES string of the molecule is CN1CCC(Nc2cc(Cl)cc3cccnc23)CC1. The molecule has 4 heteroatoms. The van der Waals surface area contributed by atoms with Gasteiger partial charge in [0.1, 0.15) is 0 Å². The Bertz CT molecular complexity index is 577. The van der Waals surface area contributed by atoms with Crippen LogP contribution in [0.15, 0.2) is 30.5 Å². The third kappa shape index (κ3) is 2.82. The molecule has 0 saturated carbocycles. The zero-order chi connectivity index (χ0) is 13.2. The number of nitrogens with zero attached hydrogens (tertiary/aromatic N) is 2. The van der Waals surface area contributed by atoms with Crippen LogP contribution in [-0.4, -0.2) is 36.1 Å². The van der Waals surface area contributed by atoms with Crippen LogP contribution in [0.5, 0.6) is 0 Å². The second-order valence-corrected chi connectivity index (χ2v) is 5.69. The van der Waals surface area contributed by atoms with E-state index >= 15 is 0 Å². The lowest BCUT2D eigenvalue weighted by molar-refractivity contribution is 0.264. The number of pyridine rings is 1. The average Bonchev–Trinajstić information content (AvgIpc) is 2.41. The van der Waals surface area contributed by atoms with Crippen LogP contribution in [-0.2, 0) is 0 Å². The molecule has 2 heterocycles. The van der Waals surface area contributed by atoms with E-state index in [4.69, 9.17) is 11.6 Å². The third-order valence-electron chi connectivity index (χ3n) is 3.75. The van der Waals surface area contributed by atoms with Crippen LogP contribution in [0.3, 0.4) is 0 Å². The van der Waals surface area contributed by atoms with E-state index in [0.29, 0.717) is 6.04 Å². The Labute approximate surface area is 118 Å². The smallest absolute Gasteiger partial charge is 0.0934 e. The van der Waals surface area contributed by atoms with Crippen LogP contribution in [0.4, 0.5) is 5.69 Å². The van der Waals surface area contributed by atoms with Crippen LogP contribution in [0.25, 0.3) is 10.9 Å². The lowest BCUT2D eigenvalue weighted by atomic mass is 10.0. The highest BCUT2D eigenvalue weighted by Crippen LogP contribution is 2.28. The average molecular weight is 276 g/mol. The molecule has 1 aliphatic rings. The van der Waals surface area contributed by atoms with Crippen molar-refractivity contribution in [2.24, 2.45) is 0 Å². The van der Waals surface area contributed by atoms with Gasteiger partial charge < -0.3 is 10.2 Å². The first-order chi connectivity index (χ1) is 9.22. The fraction of sp³-hybridized carbons (Fsp3) is 0.400. The first-order valence-electron chi connectivity index (χ1n) is 6.72. The molecule has 0 atom stereocenters. The quantitative estimate of drug-likeness (QED) is 0.911. The molecular weight excluding hydrogens is 258 g/mol. The van der Waals surface area contributed by atoms with Crippen LogP contribution >= 0.6 is 11.6 Å². The minimum Gasteiger partial charge on any atom is -0.380 e. The maximum Gasteiger partial charge on any atom is 0.0934 e. The largest absolute Gasteiger partial charge is 0.380 e. The Morgan fingerprint density at radius 1 is 1.32 bits per heavy atom. The summed E-state index contributed by atoms with van der Waals surface area (Å²) in [5.41, 5.74) is 2.06. The summed E-state index contributed by atoms with van der Waals surface area (Å²) in [5, 5.41) is 5.46. The number of halogens is 1. The molecule has 1 aromatic carbocycles. The van der Waals surface area contributed by atoms with E-state index in [1.54, 1.807) is 0 Å². The maximum absolute atomic E-state index is 6.19. The van der Waals surface area contributed by atoms with Crippen molar-refractivity contribution in [1.82, 2.24) is 9.88 Å². The molecule has 1 fully saturated rings. The number of fused-ring (bicyclic) bond motifs is 1. The van der Waals surface area contributed by atoms with Gasteiger partial charge in [0, 0.05) is 22.6 Å². The van der Waals surface area contributed by atoms with Crippen molar-refractivity contribution in [2.45, 2.75) is 18.9 Å². The fourth-order valence-corrected chi connectivity index (χ4v) is 2.87. The van der Waals surface area contributed by atoms with Gasteiger partial charge in [-0.3, -0.25) is 4.98 Å². The minimum absolute atomic E-state index is 0.514. The molecule has 0 bridgehead atoms. The van der Waals surface area contributed by atoms with Gasteiger partial charge in [0.2, 0.25) is 0 Å². The fourth-order valence-electron chi connectivity index (χ4n) is 2.64. The van der Waals surface area contributed by atoms with Crippen molar-refractivity contribution in [3.8, 4) is 0 Å². The van der Waals surface area contributed by atoms with Gasteiger partial charge in [-0.1, -0.05) is 17.7 Å². The normalized spacial score (nSPS) is 17.8. The van der Waals surface area contributed by atoms with E-state index < -0.39 is 0 Å². The Balaban J connectivity index is 1.88. The molecule has 0 amide bonds. The molecular formula is C15H18ClN3. The molecule has 0 radical (unpaired) electrons. The number of likely N-dealkylation sites (tertiary alicyclic amines) is 1. The third-order valence-corrected chi connectivity index (χ3v) is 3.97. The predicted molar refractivity (Wildman–Crippen MR) is 80.9 cm³/mol. The zero-order valence-electron chi connectivity index (χ0n) is 11.1. The van der Waals surface area contributed by atoms with Gasteiger partial charge in [0.05, 0.1) is 11.2 Å². The number of rotatable bonds is 2. The molecule has 3 rings (SSSR count). The Hall–Kier alpha value is -1.32. The van der Waals surface area contributed by atoms with Gasteiger partial charge in [-0.2, -0.15) is 0 Å². The summed E-state index contributed by atoms with van der Waals surface area (Å²) in [6, 6.07) is 8.45. The van der Waals surface area contributed by atoms with E-state index in [0.717, 1.165) is 47.5 Å². The van der Waals surface area contributed by atoms with Crippen LogP contribution in [0, 0.1) is 0 Å². The summed E-state index contributed by atoms with van der Waals surface area (Å²) in [5.74, 6) is 0. The number of benzene rings is 1. The van der Waals surface area contributed by atoms with Gasteiger partial charge in [-0.15, -0.1) is 0 Å². The van der Waals surface area contributed by atoms with Crippen molar-refractivity contribution in [3.05, 3.63) is 35.5 Å². The molecule has 19 heavy (non-hydrogen) atoms. The lowest BCUT2D eigenvalue weighted by Crippen LogP contribution is -2.36. The van der Waals surface area contributed by atoms with Crippen molar-refractivity contribution in [1.29, 1.82) is 0 Å². The number of hydrogen-bond acceptors (Lipinski definition) is 3. The molecule has 1 saturated heterocycles. The number of anilines is 1. The van der Waals surface area contributed by atoms with Gasteiger partial charge in [0.15, 0.2) is 0 Å². The summed E-state index contributed by atoms with van der Waals surface area (Å²) in [4.78, 5) is 6.84. The van der Waals surface area contributed by atoms with Crippen molar-refractivity contribution >= 4 is 28.2 Å². The monoisotopic (exact) mass is 275 g/mol. The van der Waals surface area contributed by atoms with Crippen LogP contribution in [0.2, 0.25) is 5.02 Å². The number of hydrogen-bond donors (Lipinski definition) is 1. The first kappa shape index (κ1) is 12.7. The predicted octanol–water partition coefficient (Wildman–Crippen LogP) is 3.39. The Morgan fingerprint density at radius 2 is 2.11 bits per heavy atom. The molecule has 0 aliphatic carbocycles. The molecule has 1 aromatic heterocycles. The number of nitrogens with one attached hydrogen (secondary N) is 1. The minimum atomic E-state index is 0.514. The standard InChI is InChI=1S/C15H18ClN3/c1-19-7-4-13(5-8-19)18-14-10-12(16)9-11-3-2-6-17-15(11)14/h2-3,6,9-10,13,18H,4-5,7-8H2,1H3. The molecule has 2 aromatic rings. The van der Waals surface area contributed by atoms with Crippen LogP contribution in [0.1, 0.15) is 12.8 Å². The van der Waals surface area contributed by atoms with Gasteiger partial charge >= 0.3 is 0 Å². The molecule has 0 unspecified atom stereocenters. The Kier molecular flexibility index (Phi) is 3.58. The molecule has 100 valence electrons. The summed E-state index contributed by atoms with van der Waals surface area (Å²) in [7, 11) is 2.17. The second kappa shape index (κ2) is 5.35. The highest BCUT2D eigenvalue weighted by Gasteiger charge is 2.17. The molecule has 1 aliphatic heterocycles. The topological polar surface area (TPSA) is 28.2 Å². The summed E-state index contributed by atoms with van der Waals surface area (Å²) >= 11 is 6.19. The van der Waals surface area contributed by atoms with Gasteiger partial charge in [0.25, 0.3) is 0 Å². The van der Waals surface area contributed by atoms with Gasteiger partial charge in [-0.05, 0) is 51.2 Å². The van der Waals surface area contributed by atoms with Crippen molar-refractivity contribution in [3.63, 3.8) is 0 Å². The number of piperidine rings is 1. The highest BCUT2D eigenvalue weighted by atomic mass is 35.5. The van der Waals surface area contributed by atoms with E-state index in [-0.39, 0.29) is 0 Å². The summed E-state index contributed by atoms with van der Waals surface area (Å²) in [6.07, 6.45) is 4.16. The first-order valence-corrected chi connectivity index (χ1v) is 7.09. The Morgan fingerprint density at radius 3 is 2.89 bits per heavy atom. The lowest BCUT2D eigenvalue weighted by Gasteiger charge is -2.30. The van der Waals surface area contributed by atoms with E-state index in [9.17, 15) is 0 Å². The highest BCUT2D eigenvalue weighted by molar-refractivity contribution is 6.31. The zero-order valence-corrected chi connectivity index (χ0v) is 11.8. The molecule has 3 nitrogen and oxygen atoms in total. The second-order valence-electron chi connectivity index (χ2n) is 5.25. The van der Waals surface area contributed by atoms with Crippen molar-refractivity contribution < 1.29 is 0 Å². The van der Waals surface area contributed by atoms with E-state index in [1.165, 1.54) is 0 Å². The van der Waals surface area contributed by atoms with Gasteiger partial charge in [-0.25, -0.2) is 0 Å². The number of aromatic nitrogens is 1. The van der Waals surface area contributed by atoms with E-state index in [2.05, 4.69) is 22.2 Å². The molecule has 0 spiro atoms.